The zero-order valence-corrected chi connectivity index (χ0v) is 18.9. The summed E-state index contributed by atoms with van der Waals surface area (Å²) in [5.41, 5.74) is 2.26. The maximum absolute atomic E-state index is 10.8. The molecule has 152 valence electrons. The Hall–Kier alpha value is -1.72. The van der Waals surface area contributed by atoms with E-state index in [1.54, 1.807) is 23.5 Å². The molecule has 3 rings (SSSR count). The molecule has 0 aliphatic carbocycles. The molecule has 1 N–H and O–H groups in total. The summed E-state index contributed by atoms with van der Waals surface area (Å²) in [6.07, 6.45) is 2.40. The SMILES string of the molecule is CN(Cc1ccsc1)C(=NCc1ccc([N+](=O)[O-])cc1)NCC1CCCO1.I. The Morgan fingerprint density at radius 3 is 2.75 bits per heavy atom. The Balaban J connectivity index is 0.00000280. The molecule has 1 unspecified atom stereocenters. The molecule has 0 bridgehead atoms. The summed E-state index contributed by atoms with van der Waals surface area (Å²) < 4.78 is 5.69. The van der Waals surface area contributed by atoms with E-state index in [1.165, 1.54) is 17.7 Å². The van der Waals surface area contributed by atoms with Crippen molar-refractivity contribution in [2.75, 3.05) is 20.2 Å². The number of hydrogen-bond donors (Lipinski definition) is 1. The van der Waals surface area contributed by atoms with E-state index in [0.29, 0.717) is 6.54 Å². The van der Waals surface area contributed by atoms with E-state index in [1.807, 2.05) is 7.05 Å². The lowest BCUT2D eigenvalue weighted by Crippen LogP contribution is -2.41. The third-order valence-electron chi connectivity index (χ3n) is 4.43. The van der Waals surface area contributed by atoms with E-state index in [0.717, 1.165) is 44.1 Å². The summed E-state index contributed by atoms with van der Waals surface area (Å²) in [6.45, 7) is 2.78. The van der Waals surface area contributed by atoms with Crippen LogP contribution in [-0.4, -0.2) is 42.1 Å². The minimum absolute atomic E-state index is 0. The van der Waals surface area contributed by atoms with E-state index in [2.05, 4.69) is 27.0 Å². The summed E-state index contributed by atoms with van der Waals surface area (Å²) in [5.74, 6) is 0.801. The second kappa shape index (κ2) is 11.3. The van der Waals surface area contributed by atoms with Gasteiger partial charge in [0.2, 0.25) is 0 Å². The number of rotatable bonds is 7. The van der Waals surface area contributed by atoms with Crippen LogP contribution in [0.4, 0.5) is 5.69 Å². The van der Waals surface area contributed by atoms with Crippen molar-refractivity contribution < 1.29 is 9.66 Å². The van der Waals surface area contributed by atoms with Crippen LogP contribution in [0.25, 0.3) is 0 Å². The van der Waals surface area contributed by atoms with Crippen LogP contribution in [0.1, 0.15) is 24.0 Å². The fraction of sp³-hybridized carbons (Fsp3) is 0.421. The summed E-state index contributed by atoms with van der Waals surface area (Å²) in [5, 5.41) is 18.4. The second-order valence-electron chi connectivity index (χ2n) is 6.57. The van der Waals surface area contributed by atoms with Crippen LogP contribution < -0.4 is 5.32 Å². The Morgan fingerprint density at radius 2 is 2.14 bits per heavy atom. The predicted molar refractivity (Wildman–Crippen MR) is 122 cm³/mol. The van der Waals surface area contributed by atoms with Gasteiger partial charge in [0.1, 0.15) is 0 Å². The molecule has 1 aromatic carbocycles. The van der Waals surface area contributed by atoms with Crippen molar-refractivity contribution in [1.82, 2.24) is 10.2 Å². The summed E-state index contributed by atoms with van der Waals surface area (Å²) in [6, 6.07) is 8.63. The number of nitrogens with one attached hydrogen (secondary N) is 1. The van der Waals surface area contributed by atoms with Gasteiger partial charge in [-0.3, -0.25) is 10.1 Å². The van der Waals surface area contributed by atoms with Crippen LogP contribution in [0.5, 0.6) is 0 Å². The lowest BCUT2D eigenvalue weighted by molar-refractivity contribution is -0.384. The van der Waals surface area contributed by atoms with Crippen LogP contribution in [-0.2, 0) is 17.8 Å². The molecule has 2 aromatic rings. The molecule has 1 saturated heterocycles. The first kappa shape index (κ1) is 22.6. The van der Waals surface area contributed by atoms with Gasteiger partial charge < -0.3 is 15.0 Å². The molecule has 9 heteroatoms. The van der Waals surface area contributed by atoms with Crippen molar-refractivity contribution in [2.24, 2.45) is 4.99 Å². The van der Waals surface area contributed by atoms with Gasteiger partial charge in [0, 0.05) is 38.9 Å². The first-order valence-electron chi connectivity index (χ1n) is 8.97. The van der Waals surface area contributed by atoms with E-state index in [4.69, 9.17) is 9.73 Å². The summed E-state index contributed by atoms with van der Waals surface area (Å²) >= 11 is 1.68. The van der Waals surface area contributed by atoms with Crippen LogP contribution in [0.15, 0.2) is 46.1 Å². The van der Waals surface area contributed by atoms with Gasteiger partial charge in [0.15, 0.2) is 5.96 Å². The zero-order valence-electron chi connectivity index (χ0n) is 15.7. The van der Waals surface area contributed by atoms with Crippen LogP contribution in [0.2, 0.25) is 0 Å². The lowest BCUT2D eigenvalue weighted by Gasteiger charge is -2.23. The lowest BCUT2D eigenvalue weighted by atomic mass is 10.2. The molecular weight excluding hydrogens is 491 g/mol. The van der Waals surface area contributed by atoms with Crippen LogP contribution in [0, 0.1) is 10.1 Å². The van der Waals surface area contributed by atoms with Crippen molar-refractivity contribution in [1.29, 1.82) is 0 Å². The molecule has 2 heterocycles. The number of thiophene rings is 1. The highest BCUT2D eigenvalue weighted by molar-refractivity contribution is 14.0. The maximum atomic E-state index is 10.8. The summed E-state index contributed by atoms with van der Waals surface area (Å²) in [4.78, 5) is 17.2. The number of nitrogens with zero attached hydrogens (tertiary/aromatic N) is 3. The highest BCUT2D eigenvalue weighted by atomic mass is 127. The number of aliphatic imine (C=N–C) groups is 1. The van der Waals surface area contributed by atoms with Gasteiger partial charge in [-0.05, 0) is 40.8 Å². The average molecular weight is 516 g/mol. The topological polar surface area (TPSA) is 80.0 Å². The third kappa shape index (κ3) is 6.71. The van der Waals surface area contributed by atoms with Gasteiger partial charge in [-0.25, -0.2) is 4.99 Å². The molecule has 0 radical (unpaired) electrons. The predicted octanol–water partition coefficient (Wildman–Crippen LogP) is 4.03. The van der Waals surface area contributed by atoms with E-state index in [-0.39, 0.29) is 35.8 Å². The first-order valence-corrected chi connectivity index (χ1v) is 9.91. The number of nitro groups is 1. The number of nitro benzene ring substituents is 1. The monoisotopic (exact) mass is 516 g/mol. The number of halogens is 1. The van der Waals surface area contributed by atoms with E-state index >= 15 is 0 Å². The van der Waals surface area contributed by atoms with Crippen molar-refractivity contribution >= 4 is 47.0 Å². The molecule has 1 atom stereocenters. The van der Waals surface area contributed by atoms with Crippen molar-refractivity contribution in [3.63, 3.8) is 0 Å². The van der Waals surface area contributed by atoms with Gasteiger partial charge in [-0.1, -0.05) is 12.1 Å². The summed E-state index contributed by atoms with van der Waals surface area (Å²) in [7, 11) is 2.01. The number of hydrogen-bond acceptors (Lipinski definition) is 5. The minimum Gasteiger partial charge on any atom is -0.376 e. The van der Waals surface area contributed by atoms with Gasteiger partial charge >= 0.3 is 0 Å². The third-order valence-corrected chi connectivity index (χ3v) is 5.16. The average Bonchev–Trinajstić information content (AvgIpc) is 3.36. The fourth-order valence-electron chi connectivity index (χ4n) is 2.94. The number of guanidine groups is 1. The molecule has 1 aliphatic heterocycles. The van der Waals surface area contributed by atoms with Gasteiger partial charge in [0.05, 0.1) is 17.6 Å². The molecule has 28 heavy (non-hydrogen) atoms. The molecule has 7 nitrogen and oxygen atoms in total. The van der Waals surface area contributed by atoms with E-state index in [9.17, 15) is 10.1 Å². The Bertz CT molecular complexity index is 762. The van der Waals surface area contributed by atoms with Crippen molar-refractivity contribution in [2.45, 2.75) is 32.0 Å². The molecule has 1 fully saturated rings. The maximum Gasteiger partial charge on any atom is 0.269 e. The highest BCUT2D eigenvalue weighted by Gasteiger charge is 2.17. The zero-order chi connectivity index (χ0) is 19.1. The van der Waals surface area contributed by atoms with Crippen molar-refractivity contribution in [3.05, 3.63) is 62.3 Å². The Morgan fingerprint density at radius 1 is 1.36 bits per heavy atom. The van der Waals surface area contributed by atoms with Crippen molar-refractivity contribution in [3.8, 4) is 0 Å². The first-order chi connectivity index (χ1) is 13.1. The standard InChI is InChI=1S/C19H24N4O3S.HI/c1-22(13-16-8-10-27-14-16)19(21-12-18-3-2-9-26-18)20-11-15-4-6-17(7-5-15)23(24)25;/h4-8,10,14,18H,2-3,9,11-13H2,1H3,(H,20,21);1H. The van der Waals surface area contributed by atoms with Gasteiger partial charge in [-0.15, -0.1) is 24.0 Å². The number of ether oxygens (including phenoxy) is 1. The highest BCUT2D eigenvalue weighted by Crippen LogP contribution is 2.14. The number of non-ortho nitro benzene ring substituents is 1. The second-order valence-corrected chi connectivity index (χ2v) is 7.35. The number of benzene rings is 1. The molecular formula is C19H25IN4O3S. The van der Waals surface area contributed by atoms with Gasteiger partial charge in [0.25, 0.3) is 5.69 Å². The normalized spacial score (nSPS) is 16.5. The Kier molecular flexibility index (Phi) is 9.13. The quantitative estimate of drug-likeness (QED) is 0.198. The van der Waals surface area contributed by atoms with Gasteiger partial charge in [-0.2, -0.15) is 11.3 Å². The van der Waals surface area contributed by atoms with E-state index < -0.39 is 4.92 Å². The molecule has 0 saturated carbocycles. The Labute approximate surface area is 186 Å². The minimum atomic E-state index is -0.393. The smallest absolute Gasteiger partial charge is 0.269 e. The molecule has 0 amide bonds. The molecule has 1 aliphatic rings. The molecule has 1 aromatic heterocycles. The van der Waals surface area contributed by atoms with Crippen LogP contribution >= 0.6 is 35.3 Å². The largest absolute Gasteiger partial charge is 0.376 e. The van der Waals surface area contributed by atoms with Crippen LogP contribution in [0.3, 0.4) is 0 Å². The fourth-order valence-corrected chi connectivity index (χ4v) is 3.60. The molecule has 0 spiro atoms.